The van der Waals surface area contributed by atoms with E-state index in [2.05, 4.69) is 24.8 Å². The summed E-state index contributed by atoms with van der Waals surface area (Å²) in [5.74, 6) is 0.549. The van der Waals surface area contributed by atoms with Crippen LogP contribution < -0.4 is 4.31 Å². The summed E-state index contributed by atoms with van der Waals surface area (Å²) in [6.45, 7) is 12.3. The molecule has 2 aliphatic rings. The lowest BCUT2D eigenvalue weighted by molar-refractivity contribution is -0.130. The minimum atomic E-state index is -3.91. The minimum Gasteiger partial charge on any atom is -0.348 e. The van der Waals surface area contributed by atoms with Gasteiger partial charge in [0.2, 0.25) is 5.91 Å². The zero-order valence-electron chi connectivity index (χ0n) is 25.9. The molecule has 2 aromatic carbocycles. The van der Waals surface area contributed by atoms with Crippen molar-refractivity contribution in [2.45, 2.75) is 51.1 Å². The lowest BCUT2D eigenvalue weighted by Gasteiger charge is -2.49. The number of halogens is 1. The van der Waals surface area contributed by atoms with Gasteiger partial charge < -0.3 is 9.80 Å². The normalized spacial score (nSPS) is 20.5. The Morgan fingerprint density at radius 3 is 2.42 bits per heavy atom. The van der Waals surface area contributed by atoms with Crippen LogP contribution in [0.15, 0.2) is 76.5 Å². The maximum atomic E-state index is 12.8. The Labute approximate surface area is 271 Å². The summed E-state index contributed by atoms with van der Waals surface area (Å²) in [6, 6.07) is 15.0. The predicted molar refractivity (Wildman–Crippen MR) is 182 cm³/mol. The molecule has 2 N–H and O–H groups in total. The van der Waals surface area contributed by atoms with Crippen molar-refractivity contribution < 1.29 is 22.3 Å². The summed E-state index contributed by atoms with van der Waals surface area (Å²) in [5, 5.41) is 0.174. The van der Waals surface area contributed by atoms with Crippen LogP contribution in [0.2, 0.25) is 5.02 Å². The first-order valence-electron chi connectivity index (χ1n) is 14.6. The van der Waals surface area contributed by atoms with Crippen LogP contribution in [0, 0.1) is 5.92 Å². The highest BCUT2D eigenvalue weighted by Gasteiger charge is 2.42. The van der Waals surface area contributed by atoms with Gasteiger partial charge in [-0.15, -0.1) is 4.40 Å². The van der Waals surface area contributed by atoms with Gasteiger partial charge in [0.25, 0.3) is 0 Å². The number of carbonyl (C=O) groups is 1. The van der Waals surface area contributed by atoms with Crippen molar-refractivity contribution in [3.63, 3.8) is 0 Å². The smallest absolute Gasteiger partial charge is 0.246 e. The van der Waals surface area contributed by atoms with Gasteiger partial charge in [-0.05, 0) is 67.0 Å². The maximum Gasteiger partial charge on any atom is 0.246 e. The summed E-state index contributed by atoms with van der Waals surface area (Å²) >= 11 is 6.90. The van der Waals surface area contributed by atoms with Crippen LogP contribution >= 0.6 is 22.6 Å². The van der Waals surface area contributed by atoms with Crippen LogP contribution in [0.4, 0.5) is 11.5 Å². The van der Waals surface area contributed by atoms with Gasteiger partial charge in [0.1, 0.15) is 0 Å². The highest BCUT2D eigenvalue weighted by atomic mass is 35.5. The van der Waals surface area contributed by atoms with Crippen molar-refractivity contribution in [2.75, 3.05) is 23.7 Å². The van der Waals surface area contributed by atoms with Crippen molar-refractivity contribution in [3.05, 3.63) is 83.4 Å². The van der Waals surface area contributed by atoms with Crippen LogP contribution in [0.5, 0.6) is 0 Å². The Bertz CT molecular complexity index is 1800. The SMILES string of the molecule is C=CC(=O)N1C[C@H](C)N(C2=NS(O)(O)N(c3ccccc3CC(C)C)c3nc(-c4ccccc4S(C)(=O)=O)c(Cl)cc32)C[C@H]1C. The molecule has 0 bridgehead atoms. The molecule has 1 aromatic heterocycles. The van der Waals surface area contributed by atoms with Gasteiger partial charge in [0.15, 0.2) is 21.5 Å². The zero-order chi connectivity index (χ0) is 32.8. The number of hydrogen-bond acceptors (Lipinski definition) is 9. The second-order valence-electron chi connectivity index (χ2n) is 11.9. The molecule has 240 valence electrons. The van der Waals surface area contributed by atoms with E-state index in [4.69, 9.17) is 16.6 Å². The number of sulfone groups is 1. The number of hydrogen-bond donors (Lipinski definition) is 2. The first-order chi connectivity index (χ1) is 21.1. The van der Waals surface area contributed by atoms with Crippen LogP contribution in [0.25, 0.3) is 11.3 Å². The van der Waals surface area contributed by atoms with Crippen LogP contribution in [0.3, 0.4) is 0 Å². The third-order valence-corrected chi connectivity index (χ3v) is 10.7. The second-order valence-corrected chi connectivity index (χ2v) is 15.8. The minimum absolute atomic E-state index is 0.0490. The molecular formula is C32H38ClN5O5S2. The summed E-state index contributed by atoms with van der Waals surface area (Å²) in [6.07, 6.45) is 3.06. The summed E-state index contributed by atoms with van der Waals surface area (Å²) in [5.41, 5.74) is 2.32. The fourth-order valence-electron chi connectivity index (χ4n) is 5.92. The quantitative estimate of drug-likeness (QED) is 0.281. The van der Waals surface area contributed by atoms with E-state index in [-0.39, 0.29) is 51.2 Å². The van der Waals surface area contributed by atoms with E-state index in [1.165, 1.54) is 16.4 Å². The zero-order valence-corrected chi connectivity index (χ0v) is 28.3. The Balaban J connectivity index is 1.76. The van der Waals surface area contributed by atoms with Crippen LogP contribution in [-0.4, -0.2) is 75.5 Å². The molecule has 2 atom stereocenters. The van der Waals surface area contributed by atoms with Gasteiger partial charge in [-0.2, -0.15) is 0 Å². The topological polar surface area (TPSA) is 127 Å². The van der Waals surface area contributed by atoms with E-state index < -0.39 is 20.8 Å². The van der Waals surface area contributed by atoms with Crippen molar-refractivity contribution in [1.29, 1.82) is 0 Å². The average molecular weight is 672 g/mol. The lowest BCUT2D eigenvalue weighted by atomic mass is 10.0. The standard InChI is InChI=1S/C32H38ClN5O5S2/c1-7-29(39)36-18-22(5)37(19-21(36)4)32-25-17-26(33)30(24-13-9-11-15-28(24)44(6,40)41)34-31(25)38(45(42,43)35-32)27-14-10-8-12-23(27)16-20(2)3/h7-15,17,20-22,42-43H,1,16,18-19H2,2-6H3/t21-,22+/m1/s1. The number of nitrogens with zero attached hydrogens (tertiary/aromatic N) is 5. The highest BCUT2D eigenvalue weighted by molar-refractivity contribution is 8.24. The third-order valence-electron chi connectivity index (χ3n) is 7.94. The molecule has 13 heteroatoms. The average Bonchev–Trinajstić information content (AvgIpc) is 2.97. The number of pyridine rings is 1. The third kappa shape index (κ3) is 6.34. The van der Waals surface area contributed by atoms with E-state index in [1.807, 2.05) is 36.9 Å². The molecule has 1 amide bonds. The van der Waals surface area contributed by atoms with Crippen molar-refractivity contribution in [1.82, 2.24) is 14.8 Å². The van der Waals surface area contributed by atoms with E-state index in [1.54, 1.807) is 35.2 Å². The van der Waals surface area contributed by atoms with E-state index in [0.29, 0.717) is 36.3 Å². The summed E-state index contributed by atoms with van der Waals surface area (Å²) in [7, 11) is -7.57. The van der Waals surface area contributed by atoms with E-state index in [9.17, 15) is 22.3 Å². The Morgan fingerprint density at radius 1 is 1.09 bits per heavy atom. The number of aromatic nitrogens is 1. The molecule has 0 unspecified atom stereocenters. The summed E-state index contributed by atoms with van der Waals surface area (Å²) < 4.78 is 55.1. The Hall–Kier alpha value is -3.42. The molecule has 3 aromatic rings. The summed E-state index contributed by atoms with van der Waals surface area (Å²) in [4.78, 5) is 21.2. The molecule has 2 aliphatic heterocycles. The number of carbonyl (C=O) groups excluding carboxylic acids is 1. The molecule has 10 nitrogen and oxygen atoms in total. The van der Waals surface area contributed by atoms with Crippen LogP contribution in [-0.2, 0) is 21.1 Å². The van der Waals surface area contributed by atoms with Crippen molar-refractivity contribution in [3.8, 4) is 11.3 Å². The van der Waals surface area contributed by atoms with Crippen molar-refractivity contribution in [2.24, 2.45) is 10.3 Å². The number of amidine groups is 1. The predicted octanol–water partition coefficient (Wildman–Crippen LogP) is 6.59. The first-order valence-corrected chi connectivity index (χ1v) is 18.3. The van der Waals surface area contributed by atoms with Gasteiger partial charge >= 0.3 is 0 Å². The van der Waals surface area contributed by atoms with Gasteiger partial charge in [0, 0.05) is 37.0 Å². The number of fused-ring (bicyclic) bond motifs is 1. The fraction of sp³-hybridized carbons (Fsp3) is 0.344. The fourth-order valence-corrected chi connectivity index (χ4v) is 8.39. The van der Waals surface area contributed by atoms with Gasteiger partial charge in [-0.3, -0.25) is 13.9 Å². The monoisotopic (exact) mass is 671 g/mol. The number of para-hydroxylation sites is 1. The maximum absolute atomic E-state index is 12.8. The molecule has 1 saturated heterocycles. The number of benzene rings is 2. The number of rotatable bonds is 6. The van der Waals surface area contributed by atoms with Gasteiger partial charge in [0.05, 0.1) is 26.9 Å². The Morgan fingerprint density at radius 2 is 1.76 bits per heavy atom. The van der Waals surface area contributed by atoms with Gasteiger partial charge in [-0.1, -0.05) is 68.4 Å². The largest absolute Gasteiger partial charge is 0.348 e. The molecule has 45 heavy (non-hydrogen) atoms. The Kier molecular flexibility index (Phi) is 9.09. The first kappa shape index (κ1) is 33.0. The molecule has 1 fully saturated rings. The molecule has 5 rings (SSSR count). The van der Waals surface area contributed by atoms with Gasteiger partial charge in [-0.25, -0.2) is 17.7 Å². The van der Waals surface area contributed by atoms with E-state index in [0.717, 1.165) is 11.8 Å². The van der Waals surface area contributed by atoms with Crippen molar-refractivity contribution >= 4 is 55.6 Å². The highest BCUT2D eigenvalue weighted by Crippen LogP contribution is 2.58. The van der Waals surface area contributed by atoms with Crippen LogP contribution in [0.1, 0.15) is 38.8 Å². The molecule has 0 radical (unpaired) electrons. The molecule has 0 aliphatic carbocycles. The molecule has 0 saturated carbocycles. The molecular weight excluding hydrogens is 634 g/mol. The lowest BCUT2D eigenvalue weighted by Crippen LogP contribution is -2.59. The second kappa shape index (κ2) is 12.4. The number of piperazine rings is 1. The number of amides is 1. The molecule has 0 spiro atoms. The number of anilines is 2. The molecule has 3 heterocycles. The van der Waals surface area contributed by atoms with E-state index >= 15 is 0 Å².